The first-order valence-corrected chi connectivity index (χ1v) is 4.73. The molecule has 0 aromatic heterocycles. The summed E-state index contributed by atoms with van der Waals surface area (Å²) in [6.07, 6.45) is -11.6. The van der Waals surface area contributed by atoms with Gasteiger partial charge in [-0.25, -0.2) is 0 Å². The summed E-state index contributed by atoms with van der Waals surface area (Å²) in [4.78, 5) is 0. The average molecular weight is 260 g/mol. The summed E-state index contributed by atoms with van der Waals surface area (Å²) in [5, 5.41) is 0. The molecule has 0 atom stereocenters. The molecule has 1 aliphatic rings. The van der Waals surface area contributed by atoms with Crippen LogP contribution >= 0.6 is 0 Å². The molecule has 0 aromatic rings. The van der Waals surface area contributed by atoms with Crippen molar-refractivity contribution in [2.45, 2.75) is 31.3 Å². The highest BCUT2D eigenvalue weighted by Gasteiger charge is 2.57. The molecule has 0 saturated heterocycles. The maximum absolute atomic E-state index is 12.1. The van der Waals surface area contributed by atoms with Gasteiger partial charge in [-0.3, -0.25) is 0 Å². The molecular formula is C10H10F6O. The van der Waals surface area contributed by atoms with Gasteiger partial charge in [0.25, 0.3) is 0 Å². The predicted molar refractivity (Wildman–Crippen MR) is 48.3 cm³/mol. The Kier molecular flexibility index (Phi) is 3.91. The van der Waals surface area contributed by atoms with Gasteiger partial charge in [0.15, 0.2) is 0 Å². The van der Waals surface area contributed by atoms with E-state index in [9.17, 15) is 26.3 Å². The Labute approximate surface area is 93.7 Å². The molecule has 0 aliphatic heterocycles. The van der Waals surface area contributed by atoms with Gasteiger partial charge in [-0.2, -0.15) is 26.3 Å². The standard InChI is InChI=1S/C10H10F6O/c1-6(4-7-2-3-7)5-17-8(9(11,12)13)10(14,15)16/h4,8H,1-3,5H2. The molecule has 7 heteroatoms. The van der Waals surface area contributed by atoms with Gasteiger partial charge < -0.3 is 4.74 Å². The number of alkyl halides is 6. The largest absolute Gasteiger partial charge is 0.423 e. The topological polar surface area (TPSA) is 9.23 Å². The maximum atomic E-state index is 12.1. The zero-order valence-electron chi connectivity index (χ0n) is 8.66. The molecule has 0 aromatic carbocycles. The van der Waals surface area contributed by atoms with Crippen molar-refractivity contribution >= 4 is 0 Å². The fourth-order valence-corrected chi connectivity index (χ4v) is 1.11. The molecule has 1 fully saturated rings. The monoisotopic (exact) mass is 260 g/mol. The molecule has 0 radical (unpaired) electrons. The molecule has 0 heterocycles. The average Bonchev–Trinajstić information content (AvgIpc) is 2.82. The van der Waals surface area contributed by atoms with Crippen LogP contribution in [-0.4, -0.2) is 25.1 Å². The number of ether oxygens (including phenoxy) is 1. The summed E-state index contributed by atoms with van der Waals surface area (Å²) in [7, 11) is 0. The summed E-state index contributed by atoms with van der Waals surface area (Å²) in [5.74, 6) is 0. The second kappa shape index (κ2) is 4.72. The minimum Gasteiger partial charge on any atom is -0.356 e. The summed E-state index contributed by atoms with van der Waals surface area (Å²) in [5.41, 5.74) is 1.06. The van der Waals surface area contributed by atoms with Crippen molar-refractivity contribution in [3.8, 4) is 0 Å². The summed E-state index contributed by atoms with van der Waals surface area (Å²) in [6.45, 7) is 2.55. The van der Waals surface area contributed by atoms with Crippen LogP contribution in [0.1, 0.15) is 12.8 Å². The Morgan fingerprint density at radius 3 is 2.00 bits per heavy atom. The Hall–Kier alpha value is -0.980. The van der Waals surface area contributed by atoms with Gasteiger partial charge in [0.1, 0.15) is 0 Å². The Bertz CT molecular complexity index is 305. The zero-order valence-corrected chi connectivity index (χ0v) is 8.66. The van der Waals surface area contributed by atoms with E-state index < -0.39 is 25.1 Å². The lowest BCUT2D eigenvalue weighted by Gasteiger charge is -2.23. The van der Waals surface area contributed by atoms with Gasteiger partial charge in [-0.05, 0) is 18.4 Å². The first-order valence-electron chi connectivity index (χ1n) is 4.73. The lowest BCUT2D eigenvalue weighted by molar-refractivity contribution is -0.319. The molecule has 17 heavy (non-hydrogen) atoms. The van der Waals surface area contributed by atoms with E-state index in [1.165, 1.54) is 6.08 Å². The van der Waals surface area contributed by atoms with E-state index in [0.717, 1.165) is 18.4 Å². The van der Waals surface area contributed by atoms with E-state index in [2.05, 4.69) is 11.3 Å². The fourth-order valence-electron chi connectivity index (χ4n) is 1.11. The van der Waals surface area contributed by atoms with Crippen molar-refractivity contribution in [2.24, 2.45) is 0 Å². The van der Waals surface area contributed by atoms with E-state index in [0.29, 0.717) is 0 Å². The Morgan fingerprint density at radius 1 is 1.18 bits per heavy atom. The molecule has 1 nitrogen and oxygen atoms in total. The minimum atomic E-state index is -5.47. The van der Waals surface area contributed by atoms with E-state index in [-0.39, 0.29) is 5.57 Å². The van der Waals surface area contributed by atoms with Crippen LogP contribution in [0.2, 0.25) is 0 Å². The third-order valence-corrected chi connectivity index (χ3v) is 1.98. The summed E-state index contributed by atoms with van der Waals surface area (Å²) in [6, 6.07) is 0. The van der Waals surface area contributed by atoms with Crippen molar-refractivity contribution < 1.29 is 31.1 Å². The van der Waals surface area contributed by atoms with Crippen molar-refractivity contribution in [1.82, 2.24) is 0 Å². The number of allylic oxidation sites excluding steroid dienone is 1. The van der Waals surface area contributed by atoms with E-state index >= 15 is 0 Å². The maximum Gasteiger partial charge on any atom is 0.423 e. The highest BCUT2D eigenvalue weighted by Crippen LogP contribution is 2.36. The lowest BCUT2D eigenvalue weighted by Crippen LogP contribution is -2.44. The van der Waals surface area contributed by atoms with Crippen LogP contribution in [0.5, 0.6) is 0 Å². The molecule has 98 valence electrons. The molecule has 0 spiro atoms. The first kappa shape index (κ1) is 14.1. The van der Waals surface area contributed by atoms with Gasteiger partial charge in [0.05, 0.1) is 6.61 Å². The molecule has 0 N–H and O–H groups in total. The number of hydrogen-bond acceptors (Lipinski definition) is 1. The van der Waals surface area contributed by atoms with Gasteiger partial charge in [0, 0.05) is 0 Å². The molecule has 1 rings (SSSR count). The van der Waals surface area contributed by atoms with E-state index in [1.807, 2.05) is 0 Å². The van der Waals surface area contributed by atoms with Crippen molar-refractivity contribution in [3.63, 3.8) is 0 Å². The van der Waals surface area contributed by atoms with Gasteiger partial charge in [0.2, 0.25) is 6.10 Å². The number of halogens is 6. The Balaban J connectivity index is 2.55. The smallest absolute Gasteiger partial charge is 0.356 e. The zero-order chi connectivity index (χ0) is 13.3. The fraction of sp³-hybridized carbons (Fsp3) is 0.600. The van der Waals surface area contributed by atoms with Crippen molar-refractivity contribution in [2.75, 3.05) is 6.61 Å². The SMILES string of the molecule is C=C(C=C1CC1)COC(C(F)(F)F)C(F)(F)F. The molecular weight excluding hydrogens is 250 g/mol. The summed E-state index contributed by atoms with van der Waals surface area (Å²) < 4.78 is 76.2. The van der Waals surface area contributed by atoms with Gasteiger partial charge >= 0.3 is 12.4 Å². The van der Waals surface area contributed by atoms with Gasteiger partial charge in [-0.1, -0.05) is 18.2 Å². The highest BCUT2D eigenvalue weighted by atomic mass is 19.4. The Morgan fingerprint density at radius 2 is 1.65 bits per heavy atom. The number of rotatable bonds is 4. The van der Waals surface area contributed by atoms with Crippen molar-refractivity contribution in [3.05, 3.63) is 23.8 Å². The van der Waals surface area contributed by atoms with Crippen LogP contribution in [0.15, 0.2) is 23.8 Å². The quantitative estimate of drug-likeness (QED) is 0.699. The van der Waals surface area contributed by atoms with Crippen LogP contribution in [0.4, 0.5) is 26.3 Å². The minimum absolute atomic E-state index is 0.107. The van der Waals surface area contributed by atoms with Crippen LogP contribution in [0.25, 0.3) is 0 Å². The molecule has 0 bridgehead atoms. The second-order valence-electron chi connectivity index (χ2n) is 3.74. The van der Waals surface area contributed by atoms with Crippen LogP contribution < -0.4 is 0 Å². The molecule has 0 amide bonds. The summed E-state index contributed by atoms with van der Waals surface area (Å²) >= 11 is 0. The molecule has 1 saturated carbocycles. The van der Waals surface area contributed by atoms with Crippen molar-refractivity contribution in [1.29, 1.82) is 0 Å². The molecule has 0 unspecified atom stereocenters. The number of hydrogen-bond donors (Lipinski definition) is 0. The van der Waals surface area contributed by atoms with E-state index in [1.54, 1.807) is 0 Å². The highest BCUT2D eigenvalue weighted by molar-refractivity contribution is 5.28. The van der Waals surface area contributed by atoms with Crippen LogP contribution in [-0.2, 0) is 4.74 Å². The third-order valence-electron chi connectivity index (χ3n) is 1.98. The van der Waals surface area contributed by atoms with E-state index in [4.69, 9.17) is 0 Å². The lowest BCUT2D eigenvalue weighted by atomic mass is 10.2. The van der Waals surface area contributed by atoms with Crippen LogP contribution in [0.3, 0.4) is 0 Å². The first-order chi connectivity index (χ1) is 7.60. The van der Waals surface area contributed by atoms with Crippen LogP contribution in [0, 0.1) is 0 Å². The van der Waals surface area contributed by atoms with Gasteiger partial charge in [-0.15, -0.1) is 0 Å². The third kappa shape index (κ3) is 4.80. The molecule has 1 aliphatic carbocycles. The second-order valence-corrected chi connectivity index (χ2v) is 3.74. The predicted octanol–water partition coefficient (Wildman–Crippen LogP) is 3.77. The normalized spacial score (nSPS) is 16.3.